The Morgan fingerprint density at radius 3 is 2.67 bits per heavy atom. The lowest BCUT2D eigenvalue weighted by Gasteiger charge is -2.31. The zero-order chi connectivity index (χ0) is 15.5. The third-order valence-electron chi connectivity index (χ3n) is 4.03. The Morgan fingerprint density at radius 1 is 1.43 bits per heavy atom. The van der Waals surface area contributed by atoms with E-state index in [1.165, 1.54) is 0 Å². The topological polar surface area (TPSA) is 49.5 Å². The van der Waals surface area contributed by atoms with Crippen LogP contribution in [0.15, 0.2) is 23.1 Å². The number of thiocarbonyl (C=S) groups is 1. The van der Waals surface area contributed by atoms with Crippen LogP contribution in [0.3, 0.4) is 0 Å². The van der Waals surface area contributed by atoms with Gasteiger partial charge in [-0.3, -0.25) is 0 Å². The van der Waals surface area contributed by atoms with Gasteiger partial charge in [0.25, 0.3) is 0 Å². The molecule has 0 radical (unpaired) electrons. The average molecular weight is 325 g/mol. The van der Waals surface area contributed by atoms with Crippen LogP contribution in [0.5, 0.6) is 0 Å². The van der Waals surface area contributed by atoms with Crippen LogP contribution in [-0.4, -0.2) is 35.0 Å². The SMILES string of the molecule is CCSc1cccc(N(C)CC2(O)CCCC2)c1C(N)=S. The molecule has 0 bridgehead atoms. The molecule has 0 saturated heterocycles. The van der Waals surface area contributed by atoms with Gasteiger partial charge >= 0.3 is 0 Å². The summed E-state index contributed by atoms with van der Waals surface area (Å²) in [4.78, 5) is 3.64. The zero-order valence-corrected chi connectivity index (χ0v) is 14.4. The second-order valence-corrected chi connectivity index (χ2v) is 7.48. The van der Waals surface area contributed by atoms with E-state index in [0.717, 1.165) is 47.6 Å². The summed E-state index contributed by atoms with van der Waals surface area (Å²) in [6, 6.07) is 6.13. The lowest BCUT2D eigenvalue weighted by molar-refractivity contribution is 0.0559. The lowest BCUT2D eigenvalue weighted by Crippen LogP contribution is -2.40. The molecule has 3 N–H and O–H groups in total. The number of thioether (sulfide) groups is 1. The molecule has 0 aliphatic heterocycles. The number of likely N-dealkylation sites (N-methyl/N-ethyl adjacent to an activating group) is 1. The van der Waals surface area contributed by atoms with Crippen LogP contribution in [0.1, 0.15) is 38.2 Å². The molecule has 0 atom stereocenters. The highest BCUT2D eigenvalue weighted by molar-refractivity contribution is 7.99. The van der Waals surface area contributed by atoms with Crippen molar-refractivity contribution in [2.24, 2.45) is 5.73 Å². The Labute approximate surface area is 136 Å². The van der Waals surface area contributed by atoms with Crippen LogP contribution in [0, 0.1) is 0 Å². The van der Waals surface area contributed by atoms with E-state index in [9.17, 15) is 5.11 Å². The molecule has 0 heterocycles. The first-order chi connectivity index (χ1) is 9.97. The summed E-state index contributed by atoms with van der Waals surface area (Å²) in [5.41, 5.74) is 7.33. The molecule has 1 aliphatic carbocycles. The highest BCUT2D eigenvalue weighted by Crippen LogP contribution is 2.34. The first-order valence-electron chi connectivity index (χ1n) is 7.46. The largest absolute Gasteiger partial charge is 0.389 e. The molecule has 5 heteroatoms. The Bertz CT molecular complexity index is 513. The number of rotatable bonds is 6. The minimum atomic E-state index is -0.573. The Balaban J connectivity index is 2.29. The van der Waals surface area contributed by atoms with Gasteiger partial charge in [-0.05, 0) is 30.7 Å². The molecule has 2 rings (SSSR count). The molecular formula is C16H24N2OS2. The Kier molecular flexibility index (Phi) is 5.52. The first kappa shape index (κ1) is 16.6. The maximum Gasteiger partial charge on any atom is 0.107 e. The fourth-order valence-corrected chi connectivity index (χ4v) is 4.20. The van der Waals surface area contributed by atoms with E-state index in [2.05, 4.69) is 17.9 Å². The van der Waals surface area contributed by atoms with Gasteiger partial charge in [-0.15, -0.1) is 11.8 Å². The summed E-state index contributed by atoms with van der Waals surface area (Å²) < 4.78 is 0. The van der Waals surface area contributed by atoms with Gasteiger partial charge in [0.2, 0.25) is 0 Å². The second kappa shape index (κ2) is 6.99. The van der Waals surface area contributed by atoms with Crippen molar-refractivity contribution >= 4 is 34.7 Å². The number of hydrogen-bond donors (Lipinski definition) is 2. The molecule has 3 nitrogen and oxygen atoms in total. The molecule has 1 aliphatic rings. The van der Waals surface area contributed by atoms with Crippen LogP contribution >= 0.6 is 24.0 Å². The lowest BCUT2D eigenvalue weighted by atomic mass is 10.0. The summed E-state index contributed by atoms with van der Waals surface area (Å²) in [6.45, 7) is 2.74. The van der Waals surface area contributed by atoms with Crippen LogP contribution < -0.4 is 10.6 Å². The van der Waals surface area contributed by atoms with E-state index < -0.39 is 5.60 Å². The smallest absolute Gasteiger partial charge is 0.107 e. The molecule has 1 fully saturated rings. The van der Waals surface area contributed by atoms with Crippen LogP contribution in [-0.2, 0) is 0 Å². The summed E-state index contributed by atoms with van der Waals surface area (Å²) in [6.07, 6.45) is 3.97. The van der Waals surface area contributed by atoms with Gasteiger partial charge < -0.3 is 15.7 Å². The Hall–Kier alpha value is -0.780. The van der Waals surface area contributed by atoms with E-state index >= 15 is 0 Å². The van der Waals surface area contributed by atoms with Crippen molar-refractivity contribution in [3.05, 3.63) is 23.8 Å². The molecule has 0 spiro atoms. The van der Waals surface area contributed by atoms with E-state index in [0.29, 0.717) is 11.5 Å². The minimum absolute atomic E-state index is 0.423. The van der Waals surface area contributed by atoms with Crippen molar-refractivity contribution in [1.29, 1.82) is 0 Å². The number of benzene rings is 1. The third-order valence-corrected chi connectivity index (χ3v) is 5.17. The third kappa shape index (κ3) is 3.90. The van der Waals surface area contributed by atoms with Crippen molar-refractivity contribution in [3.63, 3.8) is 0 Å². The Morgan fingerprint density at radius 2 is 2.10 bits per heavy atom. The number of anilines is 1. The second-order valence-electron chi connectivity index (χ2n) is 5.74. The molecule has 0 unspecified atom stereocenters. The predicted molar refractivity (Wildman–Crippen MR) is 95.4 cm³/mol. The van der Waals surface area contributed by atoms with Crippen LogP contribution in [0.2, 0.25) is 0 Å². The van der Waals surface area contributed by atoms with Gasteiger partial charge in [0.1, 0.15) is 4.99 Å². The number of nitrogens with zero attached hydrogens (tertiary/aromatic N) is 1. The minimum Gasteiger partial charge on any atom is -0.389 e. The quantitative estimate of drug-likeness (QED) is 0.622. The highest BCUT2D eigenvalue weighted by atomic mass is 32.2. The van der Waals surface area contributed by atoms with Gasteiger partial charge in [0.05, 0.1) is 5.60 Å². The maximum atomic E-state index is 10.6. The highest BCUT2D eigenvalue weighted by Gasteiger charge is 2.33. The van der Waals surface area contributed by atoms with Gasteiger partial charge in [0, 0.05) is 29.7 Å². The molecule has 1 aromatic rings. The fourth-order valence-electron chi connectivity index (χ4n) is 3.08. The van der Waals surface area contributed by atoms with Gasteiger partial charge in [-0.25, -0.2) is 0 Å². The van der Waals surface area contributed by atoms with Gasteiger partial charge in [-0.2, -0.15) is 0 Å². The first-order valence-corrected chi connectivity index (χ1v) is 8.85. The average Bonchev–Trinajstić information content (AvgIpc) is 2.85. The van der Waals surface area contributed by atoms with Crippen molar-refractivity contribution < 1.29 is 5.11 Å². The number of aliphatic hydroxyl groups is 1. The molecule has 21 heavy (non-hydrogen) atoms. The fraction of sp³-hybridized carbons (Fsp3) is 0.562. The van der Waals surface area contributed by atoms with E-state index in [4.69, 9.17) is 18.0 Å². The molecule has 116 valence electrons. The summed E-state index contributed by atoms with van der Waals surface area (Å²) in [5.74, 6) is 0.979. The summed E-state index contributed by atoms with van der Waals surface area (Å²) >= 11 is 7.00. The zero-order valence-electron chi connectivity index (χ0n) is 12.8. The summed E-state index contributed by atoms with van der Waals surface area (Å²) in [5, 5.41) is 10.6. The van der Waals surface area contributed by atoms with Crippen molar-refractivity contribution in [2.75, 3.05) is 24.2 Å². The van der Waals surface area contributed by atoms with Crippen LogP contribution in [0.25, 0.3) is 0 Å². The van der Waals surface area contributed by atoms with Crippen molar-refractivity contribution in [2.45, 2.75) is 43.1 Å². The van der Waals surface area contributed by atoms with E-state index in [1.54, 1.807) is 11.8 Å². The molecule has 0 amide bonds. The molecule has 1 aromatic carbocycles. The number of hydrogen-bond acceptors (Lipinski definition) is 4. The van der Waals surface area contributed by atoms with Gasteiger partial charge in [-0.1, -0.05) is 38.0 Å². The van der Waals surface area contributed by atoms with Crippen molar-refractivity contribution in [1.82, 2.24) is 0 Å². The number of nitrogens with two attached hydrogens (primary N) is 1. The standard InChI is InChI=1S/C16H24N2OS2/c1-3-21-13-8-6-7-12(14(13)15(17)20)18(2)11-16(19)9-4-5-10-16/h6-8,19H,3-5,9-11H2,1-2H3,(H2,17,20). The predicted octanol–water partition coefficient (Wildman–Crippen LogP) is 3.17. The molecule has 1 saturated carbocycles. The molecular weight excluding hydrogens is 300 g/mol. The maximum absolute atomic E-state index is 10.6. The van der Waals surface area contributed by atoms with Crippen molar-refractivity contribution in [3.8, 4) is 0 Å². The molecule has 0 aromatic heterocycles. The van der Waals surface area contributed by atoms with E-state index in [1.807, 2.05) is 19.2 Å². The van der Waals surface area contributed by atoms with E-state index in [-0.39, 0.29) is 0 Å². The summed E-state index contributed by atoms with van der Waals surface area (Å²) in [7, 11) is 2.01. The van der Waals surface area contributed by atoms with Crippen LogP contribution in [0.4, 0.5) is 5.69 Å². The monoisotopic (exact) mass is 324 g/mol. The van der Waals surface area contributed by atoms with Gasteiger partial charge in [0.15, 0.2) is 0 Å². The normalized spacial score (nSPS) is 16.9.